The molecule has 0 unspecified atom stereocenters. The highest BCUT2D eigenvalue weighted by atomic mass is 16.6. The van der Waals surface area contributed by atoms with Crippen molar-refractivity contribution in [2.45, 2.75) is 50.8 Å². The van der Waals surface area contributed by atoms with Crippen molar-refractivity contribution >= 4 is 29.6 Å². The van der Waals surface area contributed by atoms with Crippen LogP contribution in [0.1, 0.15) is 42.9 Å². The molecule has 1 spiro atoms. The van der Waals surface area contributed by atoms with Gasteiger partial charge in [0.25, 0.3) is 5.91 Å². The Balaban J connectivity index is 1.35. The van der Waals surface area contributed by atoms with E-state index >= 15 is 0 Å². The molecule has 1 saturated heterocycles. The molecule has 5 amide bonds. The molecule has 1 aliphatic heterocycles. The van der Waals surface area contributed by atoms with Gasteiger partial charge in [0, 0.05) is 49.7 Å². The van der Waals surface area contributed by atoms with Crippen LogP contribution in [0.5, 0.6) is 0 Å². The molecule has 188 valence electrons. The Morgan fingerprint density at radius 1 is 1.28 bits per heavy atom. The van der Waals surface area contributed by atoms with Crippen LogP contribution in [-0.2, 0) is 32.9 Å². The molecule has 0 radical (unpaired) electrons. The Labute approximate surface area is 209 Å². The van der Waals surface area contributed by atoms with E-state index in [1.807, 2.05) is 19.1 Å². The molecular formula is C26H29N5O5. The first-order valence-electron chi connectivity index (χ1n) is 12.2. The molecule has 1 aromatic heterocycles. The number of ether oxygens (including phenoxy) is 1. The fraction of sp³-hybridized carbons (Fsp3) is 0.423. The number of carbonyl (C=O) groups excluding carboxylic acids is 4. The maximum absolute atomic E-state index is 13.6. The van der Waals surface area contributed by atoms with Gasteiger partial charge in [-0.15, -0.1) is 0 Å². The van der Waals surface area contributed by atoms with E-state index in [1.165, 1.54) is 7.05 Å². The summed E-state index contributed by atoms with van der Waals surface area (Å²) in [6, 6.07) is 8.50. The SMILES string of the molecule is CNC(=O)Nc1ccc2c(c1)CC[C@@]21OC(=O)N(CC(=O)N(Cc2cccnc2)[C@@H](C)C2CC2)C1=O. The van der Waals surface area contributed by atoms with E-state index in [4.69, 9.17) is 4.74 Å². The fourth-order valence-electron chi connectivity index (χ4n) is 5.13. The molecule has 2 aromatic rings. The second-order valence-corrected chi connectivity index (χ2v) is 9.62. The number of fused-ring (bicyclic) bond motifs is 2. The van der Waals surface area contributed by atoms with Crippen LogP contribution in [0.4, 0.5) is 15.3 Å². The number of anilines is 1. The monoisotopic (exact) mass is 491 g/mol. The summed E-state index contributed by atoms with van der Waals surface area (Å²) in [6.45, 7) is 1.99. The average Bonchev–Trinajstić information content (AvgIpc) is 3.63. The van der Waals surface area contributed by atoms with Crippen molar-refractivity contribution in [3.8, 4) is 0 Å². The van der Waals surface area contributed by atoms with Crippen molar-refractivity contribution < 1.29 is 23.9 Å². The van der Waals surface area contributed by atoms with Gasteiger partial charge in [-0.25, -0.2) is 14.5 Å². The van der Waals surface area contributed by atoms with Crippen molar-refractivity contribution in [2.75, 3.05) is 18.9 Å². The minimum absolute atomic E-state index is 0.0150. The standard InChI is InChI=1S/C26H29N5O5/c1-16(18-5-6-18)30(14-17-4-3-11-28-13-17)22(32)15-31-23(33)26(36-25(31)35)10-9-19-12-20(7-8-21(19)26)29-24(34)27-2/h3-4,7-8,11-13,16,18H,5-6,9-10,14-15H2,1-2H3,(H2,27,29,34)/t16-,26+/m0/s1. The van der Waals surface area contributed by atoms with E-state index in [0.29, 0.717) is 36.6 Å². The van der Waals surface area contributed by atoms with E-state index in [-0.39, 0.29) is 24.5 Å². The summed E-state index contributed by atoms with van der Waals surface area (Å²) in [4.78, 5) is 58.3. The van der Waals surface area contributed by atoms with E-state index < -0.39 is 17.6 Å². The number of hydrogen-bond donors (Lipinski definition) is 2. The van der Waals surface area contributed by atoms with E-state index in [0.717, 1.165) is 28.9 Å². The van der Waals surface area contributed by atoms with Crippen LogP contribution < -0.4 is 10.6 Å². The average molecular weight is 492 g/mol. The maximum atomic E-state index is 13.6. The zero-order chi connectivity index (χ0) is 25.4. The Bertz CT molecular complexity index is 1210. The molecule has 10 heteroatoms. The Morgan fingerprint density at radius 2 is 2.08 bits per heavy atom. The minimum atomic E-state index is -1.44. The molecule has 5 rings (SSSR count). The topological polar surface area (TPSA) is 121 Å². The number of imide groups is 1. The van der Waals surface area contributed by atoms with Gasteiger partial charge < -0.3 is 20.3 Å². The summed E-state index contributed by atoms with van der Waals surface area (Å²) in [7, 11) is 1.52. The highest BCUT2D eigenvalue weighted by molar-refractivity contribution is 6.06. The molecule has 2 aliphatic carbocycles. The summed E-state index contributed by atoms with van der Waals surface area (Å²) in [5.74, 6) is -0.409. The van der Waals surface area contributed by atoms with E-state index in [2.05, 4.69) is 15.6 Å². The van der Waals surface area contributed by atoms with Crippen LogP contribution in [-0.4, -0.2) is 58.4 Å². The van der Waals surface area contributed by atoms with Crippen LogP contribution >= 0.6 is 0 Å². The molecule has 1 saturated carbocycles. The summed E-state index contributed by atoms with van der Waals surface area (Å²) >= 11 is 0. The Kier molecular flexibility index (Phi) is 6.11. The minimum Gasteiger partial charge on any atom is -0.427 e. The van der Waals surface area contributed by atoms with Crippen LogP contribution in [0.15, 0.2) is 42.7 Å². The summed E-state index contributed by atoms with van der Waals surface area (Å²) in [5, 5.41) is 5.19. The summed E-state index contributed by atoms with van der Waals surface area (Å²) in [6.07, 6.45) is 5.49. The van der Waals surface area contributed by atoms with E-state index in [9.17, 15) is 19.2 Å². The second-order valence-electron chi connectivity index (χ2n) is 9.62. The largest absolute Gasteiger partial charge is 0.427 e. The summed E-state index contributed by atoms with van der Waals surface area (Å²) < 4.78 is 5.68. The van der Waals surface area contributed by atoms with E-state index in [1.54, 1.807) is 35.5 Å². The van der Waals surface area contributed by atoms with Crippen LogP contribution in [0, 0.1) is 5.92 Å². The Morgan fingerprint density at radius 3 is 2.78 bits per heavy atom. The van der Waals surface area contributed by atoms with Gasteiger partial charge in [0.2, 0.25) is 11.5 Å². The van der Waals surface area contributed by atoms with Crippen LogP contribution in [0.2, 0.25) is 0 Å². The smallest absolute Gasteiger partial charge is 0.418 e. The number of urea groups is 1. The molecule has 2 heterocycles. The van der Waals surface area contributed by atoms with Gasteiger partial charge in [-0.1, -0.05) is 12.1 Å². The first-order valence-corrected chi connectivity index (χ1v) is 12.2. The van der Waals surface area contributed by atoms with Gasteiger partial charge in [0.15, 0.2) is 0 Å². The predicted octanol–water partition coefficient (Wildman–Crippen LogP) is 2.78. The predicted molar refractivity (Wildman–Crippen MR) is 130 cm³/mol. The van der Waals surface area contributed by atoms with Crippen molar-refractivity contribution in [1.29, 1.82) is 0 Å². The molecule has 36 heavy (non-hydrogen) atoms. The van der Waals surface area contributed by atoms with Crippen LogP contribution in [0.3, 0.4) is 0 Å². The van der Waals surface area contributed by atoms with Crippen molar-refractivity contribution in [1.82, 2.24) is 20.1 Å². The number of rotatable bonds is 7. The lowest BCUT2D eigenvalue weighted by atomic mass is 9.94. The molecule has 10 nitrogen and oxygen atoms in total. The van der Waals surface area contributed by atoms with Crippen molar-refractivity contribution in [2.24, 2.45) is 5.92 Å². The quantitative estimate of drug-likeness (QED) is 0.614. The number of aromatic nitrogens is 1. The van der Waals surface area contributed by atoms with Gasteiger partial charge in [0.1, 0.15) is 6.54 Å². The zero-order valence-electron chi connectivity index (χ0n) is 20.3. The van der Waals surface area contributed by atoms with Gasteiger partial charge in [-0.3, -0.25) is 14.6 Å². The molecule has 3 aliphatic rings. The lowest BCUT2D eigenvalue weighted by Gasteiger charge is -2.30. The fourth-order valence-corrected chi connectivity index (χ4v) is 5.13. The number of carbonyl (C=O) groups is 4. The van der Waals surface area contributed by atoms with Gasteiger partial charge in [-0.2, -0.15) is 0 Å². The third-order valence-electron chi connectivity index (χ3n) is 7.33. The lowest BCUT2D eigenvalue weighted by molar-refractivity contribution is -0.143. The number of hydrogen-bond acceptors (Lipinski definition) is 6. The molecule has 2 fully saturated rings. The number of amides is 5. The maximum Gasteiger partial charge on any atom is 0.418 e. The zero-order valence-corrected chi connectivity index (χ0v) is 20.3. The number of nitrogens with zero attached hydrogens (tertiary/aromatic N) is 3. The third-order valence-corrected chi connectivity index (χ3v) is 7.33. The summed E-state index contributed by atoms with van der Waals surface area (Å²) in [5.41, 5.74) is 1.44. The van der Waals surface area contributed by atoms with Crippen molar-refractivity contribution in [3.63, 3.8) is 0 Å². The highest BCUT2D eigenvalue weighted by Gasteiger charge is 2.58. The number of benzene rings is 1. The van der Waals surface area contributed by atoms with Gasteiger partial charge in [0.05, 0.1) is 0 Å². The first kappa shape index (κ1) is 23.8. The molecule has 1 aromatic carbocycles. The normalized spacial score (nSPS) is 21.2. The van der Waals surface area contributed by atoms with Gasteiger partial charge in [-0.05, 0) is 61.4 Å². The second kappa shape index (κ2) is 9.25. The Hall–Kier alpha value is -3.95. The van der Waals surface area contributed by atoms with Gasteiger partial charge >= 0.3 is 12.1 Å². The molecule has 0 bridgehead atoms. The molecule has 2 atom stereocenters. The third kappa shape index (κ3) is 4.27. The number of pyridine rings is 1. The van der Waals surface area contributed by atoms with Crippen LogP contribution in [0.25, 0.3) is 0 Å². The molecule has 2 N–H and O–H groups in total. The molecular weight excluding hydrogens is 462 g/mol. The number of nitrogens with one attached hydrogen (secondary N) is 2. The first-order chi connectivity index (χ1) is 17.3. The van der Waals surface area contributed by atoms with Crippen molar-refractivity contribution in [3.05, 3.63) is 59.4 Å². The number of aryl methyl sites for hydroxylation is 1. The lowest BCUT2D eigenvalue weighted by Crippen LogP contribution is -2.47. The highest BCUT2D eigenvalue weighted by Crippen LogP contribution is 2.46.